The van der Waals surface area contributed by atoms with E-state index in [9.17, 15) is 40.2 Å². The molecule has 6 N–H and O–H groups in total. The molecule has 2 aliphatic heterocycles. The molecule has 4 rings (SSSR count). The molecule has 16 heteroatoms. The SMILES string of the molecule is O=c1nc(SSc2ccn([C@H]3O[C@@H](CO)[C@@H](O)[C@H]3O)c(=O)n2)ccn1[C@@H]1O[C@@H](CO)[C@H](O)[C@H]1O. The molecule has 14 nitrogen and oxygen atoms in total. The Hall–Kier alpha value is -1.86. The highest BCUT2D eigenvalue weighted by Gasteiger charge is 2.44. The lowest BCUT2D eigenvalue weighted by atomic mass is 10.1. The molecule has 2 aromatic heterocycles. The van der Waals surface area contributed by atoms with Crippen LogP contribution in [-0.2, 0) is 9.47 Å². The average Bonchev–Trinajstić information content (AvgIpc) is 3.27. The van der Waals surface area contributed by atoms with Crippen LogP contribution in [0.4, 0.5) is 0 Å². The van der Waals surface area contributed by atoms with Crippen molar-refractivity contribution in [3.05, 3.63) is 45.5 Å². The number of nitrogens with zero attached hydrogens (tertiary/aromatic N) is 4. The molecule has 0 bridgehead atoms. The number of rotatable bonds is 7. The van der Waals surface area contributed by atoms with Crippen LogP contribution in [0.5, 0.6) is 0 Å². The minimum atomic E-state index is -1.42. The van der Waals surface area contributed by atoms with Crippen LogP contribution in [0, 0.1) is 0 Å². The number of hydrogen-bond acceptors (Lipinski definition) is 14. The Balaban J connectivity index is 1.42. The van der Waals surface area contributed by atoms with Crippen molar-refractivity contribution in [2.75, 3.05) is 13.2 Å². The second kappa shape index (κ2) is 10.4. The van der Waals surface area contributed by atoms with Crippen LogP contribution in [0.1, 0.15) is 12.5 Å². The van der Waals surface area contributed by atoms with E-state index in [-0.39, 0.29) is 10.1 Å². The zero-order chi connectivity index (χ0) is 24.6. The zero-order valence-electron chi connectivity index (χ0n) is 17.3. The van der Waals surface area contributed by atoms with Gasteiger partial charge in [0.15, 0.2) is 12.5 Å². The number of aliphatic hydroxyl groups excluding tert-OH is 6. The van der Waals surface area contributed by atoms with Crippen molar-refractivity contribution < 1.29 is 40.1 Å². The Kier molecular flexibility index (Phi) is 7.72. The van der Waals surface area contributed by atoms with Crippen LogP contribution < -0.4 is 11.4 Å². The van der Waals surface area contributed by atoms with Crippen LogP contribution in [0.3, 0.4) is 0 Å². The van der Waals surface area contributed by atoms with E-state index >= 15 is 0 Å². The Morgan fingerprint density at radius 3 is 1.41 bits per heavy atom. The standard InChI is InChI=1S/C18H22N4O10S2/c23-5-7-11(25)13(27)15(31-7)21-3-1-9(19-17(21)29)33-34-10-2-4-22(18(30)20-10)16-14(28)12(26)8(6-24)32-16/h1-4,7-8,11-16,23-28H,5-6H2/t7-,8-,11-,12+,13+,14+,15+,16-/m0/s1. The normalized spacial score (nSPS) is 33.5. The summed E-state index contributed by atoms with van der Waals surface area (Å²) in [5.74, 6) is 0. The molecular formula is C18H22N4O10S2. The highest BCUT2D eigenvalue weighted by atomic mass is 33.1. The first kappa shape index (κ1) is 25.2. The molecule has 4 heterocycles. The van der Waals surface area contributed by atoms with Gasteiger partial charge in [0.25, 0.3) is 0 Å². The molecule has 34 heavy (non-hydrogen) atoms. The summed E-state index contributed by atoms with van der Waals surface area (Å²) in [6, 6.07) is 2.93. The van der Waals surface area contributed by atoms with Crippen LogP contribution >= 0.6 is 21.6 Å². The van der Waals surface area contributed by atoms with Crippen LogP contribution in [-0.4, -0.2) is 99.6 Å². The van der Waals surface area contributed by atoms with Crippen molar-refractivity contribution in [3.8, 4) is 0 Å². The van der Waals surface area contributed by atoms with Gasteiger partial charge in [-0.25, -0.2) is 9.59 Å². The van der Waals surface area contributed by atoms with Gasteiger partial charge in [0.2, 0.25) is 0 Å². The first-order valence-electron chi connectivity index (χ1n) is 10.0. The van der Waals surface area contributed by atoms with Gasteiger partial charge in [-0.15, -0.1) is 0 Å². The van der Waals surface area contributed by atoms with E-state index in [1.165, 1.54) is 24.5 Å². The largest absolute Gasteiger partial charge is 0.394 e. The van der Waals surface area contributed by atoms with Crippen LogP contribution in [0.25, 0.3) is 0 Å². The summed E-state index contributed by atoms with van der Waals surface area (Å²) >= 11 is 0. The molecular weight excluding hydrogens is 496 g/mol. The molecule has 2 aliphatic rings. The smallest absolute Gasteiger partial charge is 0.350 e. The molecule has 0 amide bonds. The summed E-state index contributed by atoms with van der Waals surface area (Å²) in [7, 11) is 2.06. The Morgan fingerprint density at radius 1 is 0.735 bits per heavy atom. The van der Waals surface area contributed by atoms with Crippen molar-refractivity contribution in [2.24, 2.45) is 0 Å². The lowest BCUT2D eigenvalue weighted by molar-refractivity contribution is -0.0551. The number of ether oxygens (including phenoxy) is 2. The quantitative estimate of drug-likeness (QED) is 0.158. The summed E-state index contributed by atoms with van der Waals surface area (Å²) in [5.41, 5.74) is -1.51. The summed E-state index contributed by atoms with van der Waals surface area (Å²) in [5, 5.41) is 58.7. The van der Waals surface area contributed by atoms with Gasteiger partial charge in [0, 0.05) is 12.4 Å². The Morgan fingerprint density at radius 2 is 1.12 bits per heavy atom. The monoisotopic (exact) mass is 518 g/mol. The third kappa shape index (κ3) is 4.78. The van der Waals surface area contributed by atoms with E-state index in [1.54, 1.807) is 0 Å². The van der Waals surface area contributed by atoms with Gasteiger partial charge in [0.05, 0.1) is 13.2 Å². The van der Waals surface area contributed by atoms with Crippen molar-refractivity contribution in [1.29, 1.82) is 0 Å². The van der Waals surface area contributed by atoms with Crippen molar-refractivity contribution in [1.82, 2.24) is 19.1 Å². The minimum Gasteiger partial charge on any atom is -0.394 e. The molecule has 186 valence electrons. The molecule has 2 aromatic rings. The highest BCUT2D eigenvalue weighted by Crippen LogP contribution is 2.35. The van der Waals surface area contributed by atoms with Gasteiger partial charge < -0.3 is 40.1 Å². The summed E-state index contributed by atoms with van der Waals surface area (Å²) in [6.07, 6.45) is -7.36. The van der Waals surface area contributed by atoms with Crippen molar-refractivity contribution >= 4 is 21.6 Å². The Labute approximate surface area is 198 Å². The van der Waals surface area contributed by atoms with E-state index in [1.807, 2.05) is 0 Å². The predicted molar refractivity (Wildman–Crippen MR) is 115 cm³/mol. The maximum atomic E-state index is 12.4. The van der Waals surface area contributed by atoms with Gasteiger partial charge in [0.1, 0.15) is 46.7 Å². The average molecular weight is 519 g/mol. The van der Waals surface area contributed by atoms with E-state index in [4.69, 9.17) is 9.47 Å². The second-order valence-electron chi connectivity index (χ2n) is 7.54. The molecule has 8 atom stereocenters. The number of hydrogen-bond donors (Lipinski definition) is 6. The van der Waals surface area contributed by atoms with Crippen molar-refractivity contribution in [2.45, 2.75) is 59.1 Å². The minimum absolute atomic E-state index is 0.271. The van der Waals surface area contributed by atoms with Crippen LogP contribution in [0.15, 0.2) is 44.2 Å². The molecule has 0 saturated carbocycles. The van der Waals surface area contributed by atoms with Gasteiger partial charge in [-0.2, -0.15) is 9.97 Å². The number of aromatic nitrogens is 4. The van der Waals surface area contributed by atoms with E-state index in [0.717, 1.165) is 30.7 Å². The second-order valence-corrected chi connectivity index (χ2v) is 9.71. The predicted octanol–water partition coefficient (Wildman–Crippen LogP) is -3.18. The fraction of sp³-hybridized carbons (Fsp3) is 0.556. The molecule has 2 fully saturated rings. The van der Waals surface area contributed by atoms with E-state index < -0.39 is 73.7 Å². The molecule has 2 saturated heterocycles. The van der Waals surface area contributed by atoms with Crippen molar-refractivity contribution in [3.63, 3.8) is 0 Å². The first-order valence-corrected chi connectivity index (χ1v) is 12.2. The van der Waals surface area contributed by atoms with E-state index in [2.05, 4.69) is 9.97 Å². The van der Waals surface area contributed by atoms with Gasteiger partial charge in [-0.3, -0.25) is 9.13 Å². The maximum absolute atomic E-state index is 12.4. The van der Waals surface area contributed by atoms with Crippen LogP contribution in [0.2, 0.25) is 0 Å². The fourth-order valence-corrected chi connectivity index (χ4v) is 5.28. The molecule has 0 spiro atoms. The number of aliphatic hydroxyl groups is 6. The lowest BCUT2D eigenvalue weighted by Crippen LogP contribution is -2.36. The molecule has 0 unspecified atom stereocenters. The van der Waals surface area contributed by atoms with Gasteiger partial charge in [-0.1, -0.05) is 0 Å². The first-order chi connectivity index (χ1) is 16.2. The van der Waals surface area contributed by atoms with Gasteiger partial charge in [-0.05, 0) is 33.7 Å². The van der Waals surface area contributed by atoms with E-state index in [0.29, 0.717) is 0 Å². The summed E-state index contributed by atoms with van der Waals surface area (Å²) < 4.78 is 12.6. The summed E-state index contributed by atoms with van der Waals surface area (Å²) in [6.45, 7) is -1.05. The third-order valence-corrected chi connectivity index (χ3v) is 7.56. The topological polar surface area (TPSA) is 210 Å². The highest BCUT2D eigenvalue weighted by molar-refractivity contribution is 8.76. The van der Waals surface area contributed by atoms with Gasteiger partial charge >= 0.3 is 11.4 Å². The summed E-state index contributed by atoms with van der Waals surface area (Å²) in [4.78, 5) is 32.5. The Bertz CT molecular complexity index is 1040. The third-order valence-electron chi connectivity index (χ3n) is 5.40. The maximum Gasteiger partial charge on any atom is 0.350 e. The zero-order valence-corrected chi connectivity index (χ0v) is 18.9. The molecule has 0 aliphatic carbocycles. The lowest BCUT2D eigenvalue weighted by Gasteiger charge is -2.17. The fourth-order valence-electron chi connectivity index (χ4n) is 3.58. The molecule has 0 radical (unpaired) electrons. The molecule has 0 aromatic carbocycles.